The Morgan fingerprint density at radius 1 is 0.769 bits per heavy atom. The molecule has 0 amide bonds. The van der Waals surface area contributed by atoms with Crippen molar-refractivity contribution < 1.29 is 0 Å². The van der Waals surface area contributed by atoms with Crippen LogP contribution in [0.25, 0.3) is 43.6 Å². The van der Waals surface area contributed by atoms with Crippen LogP contribution in [0.15, 0.2) is 54.6 Å². The van der Waals surface area contributed by atoms with Crippen LogP contribution in [0.2, 0.25) is 0 Å². The normalized spacial score (nSPS) is 12.3. The Balaban J connectivity index is 1.85. The van der Waals surface area contributed by atoms with Gasteiger partial charge in [-0.2, -0.15) is 0 Å². The fraction of sp³-hybridized carbons (Fsp3) is 0.217. The number of aromatic amines is 2. The third kappa shape index (κ3) is 2.31. The SMILES string of the molecule is CN(C)CCCc1c2[nH]c3ccccc3c2cc2[nH]c3ccccc3c12. The van der Waals surface area contributed by atoms with E-state index in [-0.39, 0.29) is 0 Å². The largest absolute Gasteiger partial charge is 0.354 e. The van der Waals surface area contributed by atoms with Crippen molar-refractivity contribution in [2.75, 3.05) is 20.6 Å². The average molecular weight is 341 g/mol. The Labute approximate surface area is 152 Å². The molecule has 3 nitrogen and oxygen atoms in total. The second-order valence-corrected chi connectivity index (χ2v) is 7.45. The molecule has 0 saturated carbocycles. The molecule has 0 spiro atoms. The molecule has 3 heteroatoms. The number of hydrogen-bond acceptors (Lipinski definition) is 1. The third-order valence-electron chi connectivity index (χ3n) is 5.41. The summed E-state index contributed by atoms with van der Waals surface area (Å²) in [6.45, 7) is 1.10. The summed E-state index contributed by atoms with van der Waals surface area (Å²) < 4.78 is 0. The van der Waals surface area contributed by atoms with Gasteiger partial charge in [0.25, 0.3) is 0 Å². The summed E-state index contributed by atoms with van der Waals surface area (Å²) >= 11 is 0. The van der Waals surface area contributed by atoms with Crippen molar-refractivity contribution in [1.82, 2.24) is 14.9 Å². The number of H-pyrrole nitrogens is 2. The summed E-state index contributed by atoms with van der Waals surface area (Å²) in [5.74, 6) is 0. The van der Waals surface area contributed by atoms with E-state index in [0.29, 0.717) is 0 Å². The molecule has 26 heavy (non-hydrogen) atoms. The molecule has 0 atom stereocenters. The number of rotatable bonds is 4. The molecule has 0 radical (unpaired) electrons. The summed E-state index contributed by atoms with van der Waals surface area (Å²) in [6, 6.07) is 19.6. The van der Waals surface area contributed by atoms with Crippen LogP contribution in [-0.2, 0) is 6.42 Å². The Kier molecular flexibility index (Phi) is 3.50. The van der Waals surface area contributed by atoms with Gasteiger partial charge in [0.05, 0.1) is 5.52 Å². The van der Waals surface area contributed by atoms with Crippen LogP contribution >= 0.6 is 0 Å². The van der Waals surface area contributed by atoms with Crippen molar-refractivity contribution in [3.8, 4) is 0 Å². The zero-order chi connectivity index (χ0) is 17.7. The minimum absolute atomic E-state index is 1.07. The van der Waals surface area contributed by atoms with Gasteiger partial charge in [-0.25, -0.2) is 0 Å². The monoisotopic (exact) mass is 341 g/mol. The Morgan fingerprint density at radius 3 is 2.23 bits per heavy atom. The van der Waals surface area contributed by atoms with Crippen molar-refractivity contribution in [1.29, 1.82) is 0 Å². The minimum atomic E-state index is 1.07. The molecule has 0 fully saturated rings. The van der Waals surface area contributed by atoms with E-state index in [0.717, 1.165) is 19.4 Å². The van der Waals surface area contributed by atoms with Gasteiger partial charge >= 0.3 is 0 Å². The van der Waals surface area contributed by atoms with Gasteiger partial charge in [0.2, 0.25) is 0 Å². The topological polar surface area (TPSA) is 34.8 Å². The lowest BCUT2D eigenvalue weighted by Crippen LogP contribution is -2.13. The highest BCUT2D eigenvalue weighted by atomic mass is 15.0. The smallest absolute Gasteiger partial charge is 0.0505 e. The molecular formula is C23H23N3. The molecule has 5 rings (SSSR count). The second-order valence-electron chi connectivity index (χ2n) is 7.45. The van der Waals surface area contributed by atoms with Crippen LogP contribution in [0, 0.1) is 0 Å². The van der Waals surface area contributed by atoms with E-state index in [1.807, 2.05) is 0 Å². The highest BCUT2D eigenvalue weighted by molar-refractivity contribution is 6.19. The van der Waals surface area contributed by atoms with Gasteiger partial charge in [-0.05, 0) is 57.2 Å². The number of aromatic nitrogens is 2. The fourth-order valence-electron chi connectivity index (χ4n) is 4.24. The number of nitrogens with zero attached hydrogens (tertiary/aromatic N) is 1. The van der Waals surface area contributed by atoms with Crippen molar-refractivity contribution >= 4 is 43.6 Å². The number of benzene rings is 3. The maximum absolute atomic E-state index is 3.70. The summed E-state index contributed by atoms with van der Waals surface area (Å²) in [6.07, 6.45) is 2.22. The quantitative estimate of drug-likeness (QED) is 0.448. The van der Waals surface area contributed by atoms with Crippen molar-refractivity contribution in [2.24, 2.45) is 0 Å². The van der Waals surface area contributed by atoms with Gasteiger partial charge in [0.15, 0.2) is 0 Å². The molecule has 5 aromatic rings. The second kappa shape index (κ2) is 5.89. The van der Waals surface area contributed by atoms with Crippen LogP contribution in [0.3, 0.4) is 0 Å². The Morgan fingerprint density at radius 2 is 1.46 bits per heavy atom. The van der Waals surface area contributed by atoms with Crippen molar-refractivity contribution in [3.63, 3.8) is 0 Å². The molecule has 3 aromatic carbocycles. The average Bonchev–Trinajstić information content (AvgIpc) is 3.19. The predicted molar refractivity (Wildman–Crippen MR) is 112 cm³/mol. The summed E-state index contributed by atoms with van der Waals surface area (Å²) in [5, 5.41) is 5.32. The molecule has 2 heterocycles. The molecular weight excluding hydrogens is 318 g/mol. The van der Waals surface area contributed by atoms with E-state index in [1.54, 1.807) is 0 Å². The lowest BCUT2D eigenvalue weighted by atomic mass is 9.98. The molecule has 2 N–H and O–H groups in total. The lowest BCUT2D eigenvalue weighted by Gasteiger charge is -2.11. The molecule has 2 aromatic heterocycles. The van der Waals surface area contributed by atoms with Gasteiger partial charge in [-0.15, -0.1) is 0 Å². The van der Waals surface area contributed by atoms with E-state index in [2.05, 4.69) is 83.6 Å². The van der Waals surface area contributed by atoms with E-state index in [1.165, 1.54) is 49.2 Å². The Hall–Kier alpha value is -2.78. The van der Waals surface area contributed by atoms with E-state index in [4.69, 9.17) is 0 Å². The van der Waals surface area contributed by atoms with E-state index >= 15 is 0 Å². The van der Waals surface area contributed by atoms with Gasteiger partial charge in [-0.1, -0.05) is 36.4 Å². The summed E-state index contributed by atoms with van der Waals surface area (Å²) in [5.41, 5.74) is 6.40. The zero-order valence-electron chi connectivity index (χ0n) is 15.3. The maximum Gasteiger partial charge on any atom is 0.0505 e. The first-order valence-corrected chi connectivity index (χ1v) is 9.30. The van der Waals surface area contributed by atoms with Gasteiger partial charge in [-0.3, -0.25) is 0 Å². The van der Waals surface area contributed by atoms with Crippen LogP contribution < -0.4 is 0 Å². The number of hydrogen-bond donors (Lipinski definition) is 2. The van der Waals surface area contributed by atoms with Crippen LogP contribution in [0.4, 0.5) is 0 Å². The maximum atomic E-state index is 3.70. The third-order valence-corrected chi connectivity index (χ3v) is 5.41. The van der Waals surface area contributed by atoms with Crippen LogP contribution in [0.1, 0.15) is 12.0 Å². The fourth-order valence-corrected chi connectivity index (χ4v) is 4.24. The highest BCUT2D eigenvalue weighted by Gasteiger charge is 2.16. The number of para-hydroxylation sites is 2. The van der Waals surface area contributed by atoms with Crippen LogP contribution in [0.5, 0.6) is 0 Å². The van der Waals surface area contributed by atoms with Crippen molar-refractivity contribution in [3.05, 3.63) is 60.2 Å². The molecule has 0 saturated heterocycles. The molecule has 0 aliphatic heterocycles. The van der Waals surface area contributed by atoms with Crippen molar-refractivity contribution in [2.45, 2.75) is 12.8 Å². The zero-order valence-corrected chi connectivity index (χ0v) is 15.3. The predicted octanol–water partition coefficient (Wildman–Crippen LogP) is 5.45. The van der Waals surface area contributed by atoms with Gasteiger partial charge in [0.1, 0.15) is 0 Å². The van der Waals surface area contributed by atoms with Gasteiger partial charge in [0, 0.05) is 38.1 Å². The van der Waals surface area contributed by atoms with Gasteiger partial charge < -0.3 is 14.9 Å². The first-order chi connectivity index (χ1) is 12.7. The first kappa shape index (κ1) is 15.5. The number of nitrogens with one attached hydrogen (secondary N) is 2. The lowest BCUT2D eigenvalue weighted by molar-refractivity contribution is 0.401. The minimum Gasteiger partial charge on any atom is -0.354 e. The summed E-state index contributed by atoms with van der Waals surface area (Å²) in [7, 11) is 4.29. The molecule has 0 bridgehead atoms. The van der Waals surface area contributed by atoms with Crippen LogP contribution in [-0.4, -0.2) is 35.5 Å². The standard InChI is InChI=1S/C23H23N3/c1-26(2)13-7-10-17-22-16-9-4-6-12-20(16)24-21(22)14-18-15-8-3-5-11-19(15)25-23(17)18/h3-6,8-9,11-12,14,24-25H,7,10,13H2,1-2H3. The molecule has 130 valence electrons. The van der Waals surface area contributed by atoms with E-state index < -0.39 is 0 Å². The first-order valence-electron chi connectivity index (χ1n) is 9.30. The van der Waals surface area contributed by atoms with E-state index in [9.17, 15) is 0 Å². The number of fused-ring (bicyclic) bond motifs is 6. The molecule has 0 aliphatic rings. The summed E-state index contributed by atoms with van der Waals surface area (Å²) in [4.78, 5) is 9.61. The Bertz CT molecular complexity index is 1230. The number of aryl methyl sites for hydroxylation is 1. The highest BCUT2D eigenvalue weighted by Crippen LogP contribution is 2.37. The molecule has 0 aliphatic carbocycles. The molecule has 0 unspecified atom stereocenters.